The van der Waals surface area contributed by atoms with E-state index in [9.17, 15) is 14.9 Å². The average Bonchev–Trinajstić information content (AvgIpc) is 2.96. The number of hydrogen-bond acceptors (Lipinski definition) is 6. The van der Waals surface area contributed by atoms with Gasteiger partial charge in [-0.2, -0.15) is 5.26 Å². The van der Waals surface area contributed by atoms with Gasteiger partial charge >= 0.3 is 5.97 Å². The van der Waals surface area contributed by atoms with Crippen molar-refractivity contribution in [2.75, 3.05) is 11.9 Å². The van der Waals surface area contributed by atoms with Gasteiger partial charge in [-0.3, -0.25) is 4.79 Å². The summed E-state index contributed by atoms with van der Waals surface area (Å²) in [6, 6.07) is 2.22. The van der Waals surface area contributed by atoms with Crippen LogP contribution in [0, 0.1) is 32.1 Å². The van der Waals surface area contributed by atoms with Crippen molar-refractivity contribution < 1.29 is 18.7 Å². The number of nitrogens with zero attached hydrogens (tertiary/aromatic N) is 1. The fourth-order valence-electron chi connectivity index (χ4n) is 3.41. The second-order valence-electron chi connectivity index (χ2n) is 6.72. The molecule has 1 N–H and O–H groups in total. The number of carbonyl (C=O) groups is 2. The molecular weight excluding hydrogens is 364 g/mol. The van der Waals surface area contributed by atoms with Gasteiger partial charge in [0.1, 0.15) is 28.2 Å². The third kappa shape index (κ3) is 3.91. The number of rotatable bonds is 4. The first-order chi connectivity index (χ1) is 12.9. The molecule has 2 aromatic rings. The second-order valence-corrected chi connectivity index (χ2v) is 7.82. The van der Waals surface area contributed by atoms with Crippen LogP contribution in [-0.2, 0) is 22.4 Å². The minimum absolute atomic E-state index is 0.362. The summed E-state index contributed by atoms with van der Waals surface area (Å²) < 4.78 is 10.6. The summed E-state index contributed by atoms with van der Waals surface area (Å²) in [4.78, 5) is 25.7. The molecule has 142 valence electrons. The Morgan fingerprint density at radius 2 is 1.93 bits per heavy atom. The summed E-state index contributed by atoms with van der Waals surface area (Å²) in [6.45, 7) is 4.83. The van der Waals surface area contributed by atoms with Gasteiger partial charge in [-0.05, 0) is 52.0 Å². The van der Waals surface area contributed by atoms with E-state index in [2.05, 4.69) is 11.4 Å². The Hall–Kier alpha value is -2.59. The molecule has 3 rings (SSSR count). The molecule has 0 atom stereocenters. The van der Waals surface area contributed by atoms with Crippen molar-refractivity contribution in [1.29, 1.82) is 5.26 Å². The van der Waals surface area contributed by atoms with Crippen molar-refractivity contribution in [3.8, 4) is 6.07 Å². The molecule has 1 amide bonds. The number of ether oxygens (including phenoxy) is 1. The third-order valence-electron chi connectivity index (χ3n) is 4.89. The van der Waals surface area contributed by atoms with Crippen molar-refractivity contribution in [3.05, 3.63) is 38.7 Å². The van der Waals surface area contributed by atoms with E-state index in [1.807, 2.05) is 0 Å². The van der Waals surface area contributed by atoms with Crippen LogP contribution in [0.1, 0.15) is 62.7 Å². The lowest BCUT2D eigenvalue weighted by Crippen LogP contribution is -2.21. The number of amides is 1. The summed E-state index contributed by atoms with van der Waals surface area (Å²) >= 11 is 1.46. The Morgan fingerprint density at radius 1 is 1.19 bits per heavy atom. The van der Waals surface area contributed by atoms with Gasteiger partial charge in [-0.1, -0.05) is 6.42 Å². The Labute approximate surface area is 162 Å². The van der Waals surface area contributed by atoms with Gasteiger partial charge in [0.25, 0.3) is 5.91 Å². The van der Waals surface area contributed by atoms with Crippen LogP contribution in [0.5, 0.6) is 0 Å². The molecule has 1 aliphatic carbocycles. The molecule has 0 saturated heterocycles. The molecule has 0 saturated carbocycles. The highest BCUT2D eigenvalue weighted by atomic mass is 32.1. The lowest BCUT2D eigenvalue weighted by Gasteiger charge is -2.06. The standard InChI is InChI=1S/C20H22N2O4S/c1-11-12(2)26-13(3)18(11)20(24)25-10-17(23)22-19-15(9-21)14-7-5-4-6-8-16(14)27-19/h4-8,10H2,1-3H3,(H,22,23). The maximum Gasteiger partial charge on any atom is 0.342 e. The first-order valence-corrected chi connectivity index (χ1v) is 9.82. The molecule has 1 aliphatic rings. The normalized spacial score (nSPS) is 13.4. The zero-order valence-electron chi connectivity index (χ0n) is 15.7. The maximum atomic E-state index is 12.3. The number of thiophene rings is 1. The molecule has 7 heteroatoms. The first-order valence-electron chi connectivity index (χ1n) is 9.00. The molecule has 27 heavy (non-hydrogen) atoms. The highest BCUT2D eigenvalue weighted by molar-refractivity contribution is 7.16. The van der Waals surface area contributed by atoms with E-state index < -0.39 is 18.5 Å². The zero-order chi connectivity index (χ0) is 19.6. The van der Waals surface area contributed by atoms with Crippen LogP contribution in [0.4, 0.5) is 5.00 Å². The first kappa shape index (κ1) is 19.2. The van der Waals surface area contributed by atoms with Crippen molar-refractivity contribution in [2.24, 2.45) is 0 Å². The summed E-state index contributed by atoms with van der Waals surface area (Å²) in [5.74, 6) is 0.0954. The number of nitriles is 1. The predicted octanol–water partition coefficient (Wildman–Crippen LogP) is 4.20. The maximum absolute atomic E-state index is 12.3. The average molecular weight is 386 g/mol. The summed E-state index contributed by atoms with van der Waals surface area (Å²) in [5, 5.41) is 12.8. The number of anilines is 1. The van der Waals surface area contributed by atoms with E-state index in [1.165, 1.54) is 16.2 Å². The van der Waals surface area contributed by atoms with Crippen molar-refractivity contribution in [3.63, 3.8) is 0 Å². The largest absolute Gasteiger partial charge is 0.465 e. The Bertz CT molecular complexity index is 933. The number of aryl methyl sites for hydroxylation is 3. The fourth-order valence-corrected chi connectivity index (χ4v) is 4.66. The highest BCUT2D eigenvalue weighted by Gasteiger charge is 2.23. The minimum atomic E-state index is -0.584. The van der Waals surface area contributed by atoms with Crippen LogP contribution in [0.15, 0.2) is 4.42 Å². The number of carbonyl (C=O) groups excluding carboxylic acids is 2. The van der Waals surface area contributed by atoms with Gasteiger partial charge < -0.3 is 14.5 Å². The van der Waals surface area contributed by atoms with Gasteiger partial charge in [0.2, 0.25) is 0 Å². The quantitative estimate of drug-likeness (QED) is 0.628. The molecule has 0 unspecified atom stereocenters. The topological polar surface area (TPSA) is 92.3 Å². The van der Waals surface area contributed by atoms with Crippen LogP contribution < -0.4 is 5.32 Å². The van der Waals surface area contributed by atoms with Crippen LogP contribution in [0.25, 0.3) is 0 Å². The number of fused-ring (bicyclic) bond motifs is 1. The van der Waals surface area contributed by atoms with Gasteiger partial charge in [0, 0.05) is 10.4 Å². The van der Waals surface area contributed by atoms with Crippen LogP contribution >= 0.6 is 11.3 Å². The molecule has 0 fully saturated rings. The number of nitrogens with one attached hydrogen (secondary N) is 1. The van der Waals surface area contributed by atoms with Crippen molar-refractivity contribution in [1.82, 2.24) is 0 Å². The number of furan rings is 1. The summed E-state index contributed by atoms with van der Waals surface area (Å²) in [6.07, 6.45) is 5.14. The Balaban J connectivity index is 1.66. The molecule has 2 aromatic heterocycles. The van der Waals surface area contributed by atoms with E-state index >= 15 is 0 Å². The summed E-state index contributed by atoms with van der Waals surface area (Å²) in [7, 11) is 0. The minimum Gasteiger partial charge on any atom is -0.465 e. The molecule has 0 aromatic carbocycles. The molecule has 6 nitrogen and oxygen atoms in total. The van der Waals surface area contributed by atoms with E-state index in [4.69, 9.17) is 9.15 Å². The van der Waals surface area contributed by atoms with Crippen LogP contribution in [0.3, 0.4) is 0 Å². The SMILES string of the molecule is Cc1oc(C)c(C(=O)OCC(=O)Nc2sc3c(c2C#N)CCCCC3)c1C. The predicted molar refractivity (Wildman–Crippen MR) is 102 cm³/mol. The number of esters is 1. The Kier molecular flexibility index (Phi) is 5.66. The molecule has 0 bridgehead atoms. The molecule has 2 heterocycles. The highest BCUT2D eigenvalue weighted by Crippen LogP contribution is 2.36. The van der Waals surface area contributed by atoms with E-state index in [0.717, 1.165) is 37.7 Å². The molecule has 0 spiro atoms. The van der Waals surface area contributed by atoms with Gasteiger partial charge in [-0.25, -0.2) is 4.79 Å². The number of hydrogen-bond donors (Lipinski definition) is 1. The van der Waals surface area contributed by atoms with E-state index in [1.54, 1.807) is 20.8 Å². The van der Waals surface area contributed by atoms with E-state index in [-0.39, 0.29) is 0 Å². The van der Waals surface area contributed by atoms with Gasteiger partial charge in [-0.15, -0.1) is 11.3 Å². The summed E-state index contributed by atoms with van der Waals surface area (Å²) in [5.41, 5.74) is 2.69. The lowest BCUT2D eigenvalue weighted by atomic mass is 10.1. The molecule has 0 radical (unpaired) electrons. The van der Waals surface area contributed by atoms with Crippen LogP contribution in [-0.4, -0.2) is 18.5 Å². The van der Waals surface area contributed by atoms with Gasteiger partial charge in [0.15, 0.2) is 6.61 Å². The Morgan fingerprint density at radius 3 is 2.59 bits per heavy atom. The van der Waals surface area contributed by atoms with Crippen LogP contribution in [0.2, 0.25) is 0 Å². The monoisotopic (exact) mass is 386 g/mol. The van der Waals surface area contributed by atoms with E-state index in [0.29, 0.717) is 33.2 Å². The fraction of sp³-hybridized carbons (Fsp3) is 0.450. The van der Waals surface area contributed by atoms with Crippen molar-refractivity contribution >= 4 is 28.2 Å². The van der Waals surface area contributed by atoms with Crippen molar-refractivity contribution in [2.45, 2.75) is 52.9 Å². The lowest BCUT2D eigenvalue weighted by molar-refractivity contribution is -0.119. The second kappa shape index (κ2) is 7.97. The van der Waals surface area contributed by atoms with Gasteiger partial charge in [0.05, 0.1) is 5.56 Å². The molecular formula is C20H22N2O4S. The smallest absolute Gasteiger partial charge is 0.342 e. The third-order valence-corrected chi connectivity index (χ3v) is 6.09. The molecule has 0 aliphatic heterocycles. The zero-order valence-corrected chi connectivity index (χ0v) is 16.5.